The SMILES string of the molecule is Cc1ccc(NC(=O)C[C@H](c2ccco2)n2cccc2)c(Cl)c1. The third-order valence-corrected chi connectivity index (χ3v) is 3.95. The lowest BCUT2D eigenvalue weighted by Crippen LogP contribution is -2.19. The first-order valence-electron chi connectivity index (χ1n) is 7.35. The van der Waals surface area contributed by atoms with E-state index in [0.717, 1.165) is 11.3 Å². The van der Waals surface area contributed by atoms with Gasteiger partial charge in [-0.15, -0.1) is 0 Å². The number of rotatable bonds is 5. The molecule has 0 spiro atoms. The molecule has 0 aliphatic heterocycles. The van der Waals surface area contributed by atoms with Crippen LogP contribution in [0, 0.1) is 6.92 Å². The molecule has 1 atom stereocenters. The minimum Gasteiger partial charge on any atom is -0.467 e. The first kappa shape index (κ1) is 15.4. The van der Waals surface area contributed by atoms with Crippen molar-refractivity contribution < 1.29 is 9.21 Å². The van der Waals surface area contributed by atoms with E-state index in [-0.39, 0.29) is 18.4 Å². The minimum atomic E-state index is -0.191. The fraction of sp³-hybridized carbons (Fsp3) is 0.167. The highest BCUT2D eigenvalue weighted by atomic mass is 35.5. The molecule has 2 aromatic heterocycles. The predicted molar refractivity (Wildman–Crippen MR) is 90.7 cm³/mol. The summed E-state index contributed by atoms with van der Waals surface area (Å²) in [5, 5.41) is 3.40. The summed E-state index contributed by atoms with van der Waals surface area (Å²) in [6.07, 6.45) is 5.70. The Morgan fingerprint density at radius 1 is 1.26 bits per heavy atom. The zero-order chi connectivity index (χ0) is 16.2. The largest absolute Gasteiger partial charge is 0.467 e. The molecule has 0 bridgehead atoms. The molecular formula is C18H17ClN2O2. The Balaban J connectivity index is 1.76. The van der Waals surface area contributed by atoms with Crippen molar-refractivity contribution in [1.29, 1.82) is 0 Å². The summed E-state index contributed by atoms with van der Waals surface area (Å²) in [4.78, 5) is 12.4. The van der Waals surface area contributed by atoms with E-state index in [1.54, 1.807) is 6.26 Å². The van der Waals surface area contributed by atoms with E-state index in [1.807, 2.05) is 66.3 Å². The molecule has 0 saturated heterocycles. The molecule has 2 heterocycles. The van der Waals surface area contributed by atoms with Gasteiger partial charge < -0.3 is 14.3 Å². The Morgan fingerprint density at radius 3 is 2.70 bits per heavy atom. The van der Waals surface area contributed by atoms with Crippen LogP contribution in [-0.2, 0) is 4.79 Å². The van der Waals surface area contributed by atoms with Crippen molar-refractivity contribution in [3.8, 4) is 0 Å². The third-order valence-electron chi connectivity index (χ3n) is 3.64. The Labute approximate surface area is 139 Å². The molecule has 5 heteroatoms. The number of carbonyl (C=O) groups is 1. The lowest BCUT2D eigenvalue weighted by Gasteiger charge is -2.17. The highest BCUT2D eigenvalue weighted by Gasteiger charge is 2.20. The normalized spacial score (nSPS) is 12.1. The van der Waals surface area contributed by atoms with Crippen molar-refractivity contribution in [2.24, 2.45) is 0 Å². The molecule has 23 heavy (non-hydrogen) atoms. The number of benzene rings is 1. The van der Waals surface area contributed by atoms with Gasteiger partial charge in [-0.3, -0.25) is 4.79 Å². The van der Waals surface area contributed by atoms with E-state index < -0.39 is 0 Å². The van der Waals surface area contributed by atoms with Crippen LogP contribution < -0.4 is 5.32 Å². The van der Waals surface area contributed by atoms with Crippen LogP contribution >= 0.6 is 11.6 Å². The molecular weight excluding hydrogens is 312 g/mol. The molecule has 3 rings (SSSR count). The summed E-state index contributed by atoms with van der Waals surface area (Å²) in [7, 11) is 0. The number of halogens is 1. The van der Waals surface area contributed by atoms with E-state index in [9.17, 15) is 4.79 Å². The summed E-state index contributed by atoms with van der Waals surface area (Å²) in [5.41, 5.74) is 1.67. The molecule has 1 aromatic carbocycles. The fourth-order valence-electron chi connectivity index (χ4n) is 2.49. The molecule has 3 aromatic rings. The van der Waals surface area contributed by atoms with Gasteiger partial charge in [0.15, 0.2) is 0 Å². The van der Waals surface area contributed by atoms with E-state index in [4.69, 9.17) is 16.0 Å². The molecule has 0 fully saturated rings. The van der Waals surface area contributed by atoms with E-state index in [1.165, 1.54) is 0 Å². The molecule has 0 aliphatic rings. The molecule has 0 saturated carbocycles. The maximum Gasteiger partial charge on any atom is 0.226 e. The van der Waals surface area contributed by atoms with Crippen molar-refractivity contribution in [3.05, 3.63) is 77.5 Å². The third kappa shape index (κ3) is 3.66. The van der Waals surface area contributed by atoms with Crippen molar-refractivity contribution in [2.45, 2.75) is 19.4 Å². The minimum absolute atomic E-state index is 0.120. The molecule has 0 aliphatic carbocycles. The van der Waals surface area contributed by atoms with Crippen LogP contribution in [0.3, 0.4) is 0 Å². The molecule has 0 radical (unpaired) electrons. The number of furan rings is 1. The molecule has 0 unspecified atom stereocenters. The van der Waals surface area contributed by atoms with Crippen LogP contribution in [0.4, 0.5) is 5.69 Å². The van der Waals surface area contributed by atoms with E-state index >= 15 is 0 Å². The second-order valence-corrected chi connectivity index (χ2v) is 5.80. The van der Waals surface area contributed by atoms with Gasteiger partial charge in [0.1, 0.15) is 5.76 Å². The lowest BCUT2D eigenvalue weighted by molar-refractivity contribution is -0.116. The average Bonchev–Trinajstić information content (AvgIpc) is 3.21. The zero-order valence-electron chi connectivity index (χ0n) is 12.7. The summed E-state index contributed by atoms with van der Waals surface area (Å²) in [6.45, 7) is 1.95. The van der Waals surface area contributed by atoms with Crippen LogP contribution in [0.5, 0.6) is 0 Å². The van der Waals surface area contributed by atoms with E-state index in [2.05, 4.69) is 5.32 Å². The lowest BCUT2D eigenvalue weighted by atomic mass is 10.1. The summed E-state index contributed by atoms with van der Waals surface area (Å²) >= 11 is 6.17. The topological polar surface area (TPSA) is 47.2 Å². The number of amides is 1. The van der Waals surface area contributed by atoms with Crippen LogP contribution in [0.2, 0.25) is 5.02 Å². The zero-order valence-corrected chi connectivity index (χ0v) is 13.5. The van der Waals surface area contributed by atoms with Gasteiger partial charge in [-0.2, -0.15) is 0 Å². The Hall–Kier alpha value is -2.46. The van der Waals surface area contributed by atoms with Crippen LogP contribution in [0.15, 0.2) is 65.5 Å². The van der Waals surface area contributed by atoms with Crippen molar-refractivity contribution in [1.82, 2.24) is 4.57 Å². The van der Waals surface area contributed by atoms with Crippen molar-refractivity contribution in [2.75, 3.05) is 5.32 Å². The number of aromatic nitrogens is 1. The first-order valence-corrected chi connectivity index (χ1v) is 7.73. The van der Waals surface area contributed by atoms with Gasteiger partial charge in [-0.05, 0) is 48.9 Å². The number of nitrogens with one attached hydrogen (secondary N) is 1. The van der Waals surface area contributed by atoms with Crippen LogP contribution in [0.1, 0.15) is 23.8 Å². The number of hydrogen-bond donors (Lipinski definition) is 1. The standard InChI is InChI=1S/C18H17ClN2O2/c1-13-6-7-15(14(19)11-13)20-18(22)12-16(17-5-4-10-23-17)21-8-2-3-9-21/h2-11,16H,12H2,1H3,(H,20,22)/t16-/m1/s1. The van der Waals surface area contributed by atoms with Gasteiger partial charge in [0, 0.05) is 12.4 Å². The molecule has 1 amide bonds. The monoisotopic (exact) mass is 328 g/mol. The number of carbonyl (C=O) groups excluding carboxylic acids is 1. The number of aryl methyl sites for hydroxylation is 1. The Bertz CT molecular complexity index is 745. The van der Waals surface area contributed by atoms with Gasteiger partial charge in [-0.1, -0.05) is 17.7 Å². The van der Waals surface area contributed by atoms with Crippen molar-refractivity contribution in [3.63, 3.8) is 0 Å². The van der Waals surface area contributed by atoms with Crippen LogP contribution in [-0.4, -0.2) is 10.5 Å². The highest BCUT2D eigenvalue weighted by molar-refractivity contribution is 6.33. The first-order chi connectivity index (χ1) is 11.1. The summed E-state index contributed by atoms with van der Waals surface area (Å²) < 4.78 is 7.44. The Morgan fingerprint density at radius 2 is 2.04 bits per heavy atom. The maximum atomic E-state index is 12.4. The summed E-state index contributed by atoms with van der Waals surface area (Å²) in [6, 6.07) is 12.9. The second-order valence-electron chi connectivity index (χ2n) is 5.40. The predicted octanol–water partition coefficient (Wildman–Crippen LogP) is 4.66. The highest BCUT2D eigenvalue weighted by Crippen LogP contribution is 2.26. The molecule has 4 nitrogen and oxygen atoms in total. The average molecular weight is 329 g/mol. The van der Waals surface area contributed by atoms with Gasteiger partial charge in [0.25, 0.3) is 0 Å². The Kier molecular flexibility index (Phi) is 4.53. The summed E-state index contributed by atoms with van der Waals surface area (Å²) in [5.74, 6) is 0.622. The van der Waals surface area contributed by atoms with Crippen LogP contribution in [0.25, 0.3) is 0 Å². The van der Waals surface area contributed by atoms with E-state index in [0.29, 0.717) is 10.7 Å². The maximum absolute atomic E-state index is 12.4. The van der Waals surface area contributed by atoms with Gasteiger partial charge in [-0.25, -0.2) is 0 Å². The number of anilines is 1. The van der Waals surface area contributed by atoms with Crippen molar-refractivity contribution >= 4 is 23.2 Å². The molecule has 1 N–H and O–H groups in total. The van der Waals surface area contributed by atoms with Gasteiger partial charge >= 0.3 is 0 Å². The molecule has 118 valence electrons. The van der Waals surface area contributed by atoms with Gasteiger partial charge in [0.2, 0.25) is 5.91 Å². The quantitative estimate of drug-likeness (QED) is 0.740. The number of hydrogen-bond acceptors (Lipinski definition) is 2. The van der Waals surface area contributed by atoms with Gasteiger partial charge in [0.05, 0.1) is 29.4 Å². The smallest absolute Gasteiger partial charge is 0.226 e. The fourth-order valence-corrected chi connectivity index (χ4v) is 2.77. The number of nitrogens with zero attached hydrogens (tertiary/aromatic N) is 1. The second kappa shape index (κ2) is 6.75.